The maximum atomic E-state index is 12.6. The van der Waals surface area contributed by atoms with E-state index in [1.165, 1.54) is 5.56 Å². The highest BCUT2D eigenvalue weighted by Crippen LogP contribution is 2.21. The zero-order chi connectivity index (χ0) is 20.3. The number of anilines is 2. The largest absolute Gasteiger partial charge is 0.322 e. The molecule has 0 unspecified atom stereocenters. The van der Waals surface area contributed by atoms with E-state index in [0.29, 0.717) is 28.3 Å². The molecule has 8 heteroatoms. The van der Waals surface area contributed by atoms with Gasteiger partial charge >= 0.3 is 0 Å². The molecule has 1 amide bonds. The number of aromatic nitrogens is 2. The number of hydrogen-bond acceptors (Lipinski definition) is 4. The monoisotopic (exact) mass is 398 g/mol. The lowest BCUT2D eigenvalue weighted by Gasteiger charge is -2.10. The van der Waals surface area contributed by atoms with Crippen molar-refractivity contribution in [3.8, 4) is 0 Å². The van der Waals surface area contributed by atoms with Gasteiger partial charge in [0.1, 0.15) is 4.90 Å². The van der Waals surface area contributed by atoms with Gasteiger partial charge in [0, 0.05) is 16.9 Å². The number of aryl methyl sites for hydroxylation is 3. The van der Waals surface area contributed by atoms with Crippen LogP contribution in [0, 0.1) is 13.8 Å². The van der Waals surface area contributed by atoms with Crippen molar-refractivity contribution in [1.82, 2.24) is 10.2 Å². The summed E-state index contributed by atoms with van der Waals surface area (Å²) in [6.45, 7) is 5.34. The summed E-state index contributed by atoms with van der Waals surface area (Å²) < 4.78 is 27.6. The molecule has 0 aliphatic rings. The van der Waals surface area contributed by atoms with Crippen molar-refractivity contribution in [3.63, 3.8) is 0 Å². The van der Waals surface area contributed by atoms with Crippen LogP contribution in [0.4, 0.5) is 11.4 Å². The number of rotatable bonds is 6. The predicted molar refractivity (Wildman–Crippen MR) is 109 cm³/mol. The van der Waals surface area contributed by atoms with Crippen LogP contribution in [0.2, 0.25) is 0 Å². The van der Waals surface area contributed by atoms with Crippen LogP contribution in [0.1, 0.15) is 34.2 Å². The van der Waals surface area contributed by atoms with Crippen LogP contribution in [-0.2, 0) is 16.4 Å². The molecule has 0 radical (unpaired) electrons. The van der Waals surface area contributed by atoms with Gasteiger partial charge in [0.25, 0.3) is 15.9 Å². The summed E-state index contributed by atoms with van der Waals surface area (Å²) in [6.07, 6.45) is 0.934. The standard InChI is InChI=1S/C20H22N4O3S/c1-4-15-5-9-17(10-6-15)21-20(25)16-7-11-18(12-8-16)24-28(26,27)19-13(2)22-23-14(19)3/h5-12,24H,4H2,1-3H3,(H,21,25)(H,22,23). The highest BCUT2D eigenvalue weighted by Gasteiger charge is 2.22. The fourth-order valence-electron chi connectivity index (χ4n) is 2.86. The molecule has 146 valence electrons. The molecular formula is C20H22N4O3S. The molecule has 1 aromatic heterocycles. The summed E-state index contributed by atoms with van der Waals surface area (Å²) in [4.78, 5) is 12.5. The Morgan fingerprint density at radius 3 is 2.14 bits per heavy atom. The summed E-state index contributed by atoms with van der Waals surface area (Å²) in [6, 6.07) is 13.9. The highest BCUT2D eigenvalue weighted by atomic mass is 32.2. The topological polar surface area (TPSA) is 104 Å². The third-order valence-corrected chi connectivity index (χ3v) is 5.99. The van der Waals surface area contributed by atoms with Crippen molar-refractivity contribution in [3.05, 3.63) is 71.0 Å². The summed E-state index contributed by atoms with van der Waals surface area (Å²) in [7, 11) is -3.76. The Morgan fingerprint density at radius 2 is 1.61 bits per heavy atom. The molecule has 0 saturated carbocycles. The summed E-state index contributed by atoms with van der Waals surface area (Å²) >= 11 is 0. The van der Waals surface area contributed by atoms with Gasteiger partial charge in [0.05, 0.1) is 11.4 Å². The van der Waals surface area contributed by atoms with Crippen molar-refractivity contribution < 1.29 is 13.2 Å². The molecule has 3 rings (SSSR count). The third kappa shape index (κ3) is 4.23. The molecule has 0 fully saturated rings. The minimum atomic E-state index is -3.76. The van der Waals surface area contributed by atoms with Gasteiger partial charge in [0.2, 0.25) is 0 Å². The molecular weight excluding hydrogens is 376 g/mol. The smallest absolute Gasteiger partial charge is 0.265 e. The SMILES string of the molecule is CCc1ccc(NC(=O)c2ccc(NS(=O)(=O)c3c(C)n[nH]c3C)cc2)cc1. The zero-order valence-corrected chi connectivity index (χ0v) is 16.7. The first-order chi connectivity index (χ1) is 13.3. The summed E-state index contributed by atoms with van der Waals surface area (Å²) in [5.74, 6) is -0.264. The molecule has 2 aromatic carbocycles. The van der Waals surface area contributed by atoms with E-state index in [2.05, 4.69) is 27.2 Å². The van der Waals surface area contributed by atoms with E-state index in [-0.39, 0.29) is 10.8 Å². The fourth-order valence-corrected chi connectivity index (χ4v) is 4.29. The maximum absolute atomic E-state index is 12.6. The van der Waals surface area contributed by atoms with Gasteiger partial charge in [-0.05, 0) is 62.2 Å². The molecule has 7 nitrogen and oxygen atoms in total. The Labute approximate surface area is 164 Å². The van der Waals surface area contributed by atoms with E-state index >= 15 is 0 Å². The third-order valence-electron chi connectivity index (χ3n) is 4.35. The maximum Gasteiger partial charge on any atom is 0.265 e. The number of aromatic amines is 1. The predicted octanol–water partition coefficient (Wildman–Crippen LogP) is 3.64. The van der Waals surface area contributed by atoms with Crippen LogP contribution in [0.25, 0.3) is 0 Å². The summed E-state index contributed by atoms with van der Waals surface area (Å²) in [5.41, 5.74) is 3.56. The highest BCUT2D eigenvalue weighted by molar-refractivity contribution is 7.92. The molecule has 0 spiro atoms. The molecule has 0 aliphatic carbocycles. The van der Waals surface area contributed by atoms with E-state index in [0.717, 1.165) is 6.42 Å². The molecule has 1 heterocycles. The van der Waals surface area contributed by atoms with E-state index in [1.54, 1.807) is 38.1 Å². The Balaban J connectivity index is 1.71. The van der Waals surface area contributed by atoms with Gasteiger partial charge in [0.15, 0.2) is 0 Å². The first-order valence-electron chi connectivity index (χ1n) is 8.85. The minimum absolute atomic E-state index is 0.129. The minimum Gasteiger partial charge on any atom is -0.322 e. The molecule has 3 aromatic rings. The van der Waals surface area contributed by atoms with Crippen molar-refractivity contribution in [2.45, 2.75) is 32.1 Å². The Bertz CT molecular complexity index is 1070. The lowest BCUT2D eigenvalue weighted by Crippen LogP contribution is -2.15. The van der Waals surface area contributed by atoms with Crippen LogP contribution >= 0.6 is 0 Å². The lowest BCUT2D eigenvalue weighted by molar-refractivity contribution is 0.102. The van der Waals surface area contributed by atoms with Gasteiger partial charge < -0.3 is 5.32 Å². The molecule has 0 saturated heterocycles. The summed E-state index contributed by atoms with van der Waals surface area (Å²) in [5, 5.41) is 9.40. The second-order valence-electron chi connectivity index (χ2n) is 6.45. The fraction of sp³-hybridized carbons (Fsp3) is 0.200. The molecule has 28 heavy (non-hydrogen) atoms. The number of amides is 1. The zero-order valence-electron chi connectivity index (χ0n) is 15.9. The Hall–Kier alpha value is -3.13. The van der Waals surface area contributed by atoms with Gasteiger partial charge in [-0.3, -0.25) is 14.6 Å². The second-order valence-corrected chi connectivity index (χ2v) is 8.07. The van der Waals surface area contributed by atoms with Crippen molar-refractivity contribution in [1.29, 1.82) is 0 Å². The van der Waals surface area contributed by atoms with E-state index in [1.807, 2.05) is 24.3 Å². The second kappa shape index (κ2) is 7.85. The van der Waals surface area contributed by atoms with Gasteiger partial charge in [-0.25, -0.2) is 8.42 Å². The first-order valence-corrected chi connectivity index (χ1v) is 10.3. The molecule has 0 bridgehead atoms. The van der Waals surface area contributed by atoms with Crippen LogP contribution < -0.4 is 10.0 Å². The van der Waals surface area contributed by atoms with Crippen LogP contribution in [0.3, 0.4) is 0 Å². The van der Waals surface area contributed by atoms with Gasteiger partial charge in [-0.1, -0.05) is 19.1 Å². The van der Waals surface area contributed by atoms with E-state index in [9.17, 15) is 13.2 Å². The van der Waals surface area contributed by atoms with Crippen LogP contribution in [-0.4, -0.2) is 24.5 Å². The number of hydrogen-bond donors (Lipinski definition) is 3. The number of benzene rings is 2. The van der Waals surface area contributed by atoms with E-state index in [4.69, 9.17) is 0 Å². The van der Waals surface area contributed by atoms with Crippen molar-refractivity contribution in [2.24, 2.45) is 0 Å². The number of sulfonamides is 1. The number of carbonyl (C=O) groups is 1. The van der Waals surface area contributed by atoms with E-state index < -0.39 is 10.0 Å². The average molecular weight is 398 g/mol. The Morgan fingerprint density at radius 1 is 1.00 bits per heavy atom. The van der Waals surface area contributed by atoms with Crippen LogP contribution in [0.5, 0.6) is 0 Å². The molecule has 0 aliphatic heterocycles. The number of nitrogens with zero attached hydrogens (tertiary/aromatic N) is 1. The average Bonchev–Trinajstić information content (AvgIpc) is 3.01. The van der Waals surface area contributed by atoms with Crippen molar-refractivity contribution >= 4 is 27.3 Å². The normalized spacial score (nSPS) is 11.2. The lowest BCUT2D eigenvalue weighted by atomic mass is 10.1. The molecule has 3 N–H and O–H groups in total. The number of H-pyrrole nitrogens is 1. The molecule has 0 atom stereocenters. The van der Waals surface area contributed by atoms with Crippen molar-refractivity contribution in [2.75, 3.05) is 10.0 Å². The van der Waals surface area contributed by atoms with Gasteiger partial charge in [-0.15, -0.1) is 0 Å². The Kier molecular flexibility index (Phi) is 5.51. The first kappa shape index (κ1) is 19.6. The van der Waals surface area contributed by atoms with Crippen LogP contribution in [0.15, 0.2) is 53.4 Å². The van der Waals surface area contributed by atoms with Gasteiger partial charge in [-0.2, -0.15) is 5.10 Å². The number of carbonyl (C=O) groups excluding carboxylic acids is 1. The quantitative estimate of drug-likeness (QED) is 0.590. The number of nitrogens with one attached hydrogen (secondary N) is 3.